The molecule has 0 amide bonds. The Hall–Kier alpha value is -1.98. The molecule has 2 aliphatic carbocycles. The highest BCUT2D eigenvalue weighted by molar-refractivity contribution is 8.26. The summed E-state index contributed by atoms with van der Waals surface area (Å²) in [6.07, 6.45) is -0.227. The van der Waals surface area contributed by atoms with E-state index in [0.717, 1.165) is 30.8 Å². The second kappa shape index (κ2) is 7.51. The maximum Gasteiger partial charge on any atom is 0.253 e. The zero-order chi connectivity index (χ0) is 24.0. The molecule has 1 aromatic carbocycles. The average molecular weight is 493 g/mol. The SMILES string of the molecule is Cc1ccc(CN2CC3C(CO)C3C2)cc1-c1ccc2c(n1)N(C)S(O)(O)N2CC1CC1(F)F. The monoisotopic (exact) mass is 492 g/mol. The lowest BCUT2D eigenvalue weighted by Gasteiger charge is -2.41. The van der Waals surface area contributed by atoms with Crippen LogP contribution in [0.4, 0.5) is 20.3 Å². The molecule has 3 unspecified atom stereocenters. The van der Waals surface area contributed by atoms with Crippen molar-refractivity contribution in [2.24, 2.45) is 23.7 Å². The molecule has 2 saturated carbocycles. The third-order valence-electron chi connectivity index (χ3n) is 8.07. The van der Waals surface area contributed by atoms with Gasteiger partial charge in [0.05, 0.1) is 5.69 Å². The number of hydrogen-bond donors (Lipinski definition) is 3. The van der Waals surface area contributed by atoms with E-state index in [1.54, 1.807) is 6.07 Å². The van der Waals surface area contributed by atoms with Gasteiger partial charge in [0.25, 0.3) is 5.92 Å². The van der Waals surface area contributed by atoms with Crippen LogP contribution in [0.2, 0.25) is 0 Å². The summed E-state index contributed by atoms with van der Waals surface area (Å²) in [6.45, 7) is 5.08. The number of pyridine rings is 1. The van der Waals surface area contributed by atoms with Gasteiger partial charge in [-0.2, -0.15) is 0 Å². The molecule has 3 fully saturated rings. The number of aryl methyl sites for hydroxylation is 1. The van der Waals surface area contributed by atoms with Gasteiger partial charge in [0.1, 0.15) is 5.69 Å². The highest BCUT2D eigenvalue weighted by Gasteiger charge is 2.59. The zero-order valence-electron chi connectivity index (χ0n) is 19.2. The summed E-state index contributed by atoms with van der Waals surface area (Å²) in [5.74, 6) is -1.49. The smallest absolute Gasteiger partial charge is 0.253 e. The summed E-state index contributed by atoms with van der Waals surface area (Å²) in [5, 5.41) is 9.39. The number of anilines is 2. The van der Waals surface area contributed by atoms with Crippen LogP contribution in [0, 0.1) is 30.6 Å². The fraction of sp³-hybridized carbons (Fsp3) is 0.542. The van der Waals surface area contributed by atoms with Crippen molar-refractivity contribution in [2.75, 3.05) is 41.9 Å². The normalized spacial score (nSPS) is 31.4. The standard InChI is InChI=1S/C24H30F2N4O3S/c1-14-3-4-15(9-29-11-18-19(12-29)20(18)13-31)7-17(14)21-5-6-22-23(27-21)28(2)34(32,33)30(22)10-16-8-24(16,25)26/h3-7,16,18-20,31-33H,8-13H2,1-2H3. The molecule has 2 aliphatic heterocycles. The number of rotatable bonds is 6. The van der Waals surface area contributed by atoms with Crippen LogP contribution in [0.3, 0.4) is 0 Å². The first-order valence-corrected chi connectivity index (χ1v) is 13.2. The molecule has 7 nitrogen and oxygen atoms in total. The van der Waals surface area contributed by atoms with Gasteiger partial charge >= 0.3 is 0 Å². The lowest BCUT2D eigenvalue weighted by molar-refractivity contribution is 0.101. The first-order valence-electron chi connectivity index (χ1n) is 11.7. The lowest BCUT2D eigenvalue weighted by Crippen LogP contribution is -2.33. The predicted octanol–water partition coefficient (Wildman–Crippen LogP) is 4.22. The predicted molar refractivity (Wildman–Crippen MR) is 129 cm³/mol. The van der Waals surface area contributed by atoms with Crippen LogP contribution < -0.4 is 8.61 Å². The zero-order valence-corrected chi connectivity index (χ0v) is 20.0. The van der Waals surface area contributed by atoms with E-state index < -0.39 is 22.8 Å². The second-order valence-corrected chi connectivity index (χ2v) is 12.2. The van der Waals surface area contributed by atoms with Crippen molar-refractivity contribution in [3.05, 3.63) is 41.5 Å². The topological polar surface area (TPSA) is 83.3 Å². The molecule has 6 rings (SSSR count). The minimum atomic E-state index is -3.42. The van der Waals surface area contributed by atoms with Gasteiger partial charge in [-0.15, -0.1) is 0 Å². The Morgan fingerprint density at radius 2 is 1.85 bits per heavy atom. The van der Waals surface area contributed by atoms with Gasteiger partial charge in [0.15, 0.2) is 5.82 Å². The third kappa shape index (κ3) is 3.50. The van der Waals surface area contributed by atoms with E-state index in [9.17, 15) is 23.0 Å². The number of aliphatic hydroxyl groups is 1. The van der Waals surface area contributed by atoms with E-state index in [1.807, 2.05) is 13.0 Å². The van der Waals surface area contributed by atoms with Gasteiger partial charge in [-0.05, 0) is 65.0 Å². The van der Waals surface area contributed by atoms with Crippen LogP contribution in [0.15, 0.2) is 30.3 Å². The van der Waals surface area contributed by atoms with Crippen LogP contribution in [-0.4, -0.2) is 63.3 Å². The number of nitrogens with zero attached hydrogens (tertiary/aromatic N) is 4. The van der Waals surface area contributed by atoms with Crippen LogP contribution in [0.25, 0.3) is 11.3 Å². The van der Waals surface area contributed by atoms with E-state index in [4.69, 9.17) is 4.98 Å². The number of aliphatic hydroxyl groups excluding tert-OH is 1. The number of aromatic nitrogens is 1. The largest absolute Gasteiger partial charge is 0.396 e. The summed E-state index contributed by atoms with van der Waals surface area (Å²) in [7, 11) is -1.89. The number of piperidine rings is 1. The number of hydrogen-bond acceptors (Lipinski definition) is 7. The summed E-state index contributed by atoms with van der Waals surface area (Å²) in [6, 6.07) is 9.91. The van der Waals surface area contributed by atoms with Crippen LogP contribution >= 0.6 is 11.0 Å². The molecule has 2 aromatic rings. The molecule has 0 spiro atoms. The maximum absolute atomic E-state index is 13.5. The van der Waals surface area contributed by atoms with Gasteiger partial charge in [0, 0.05) is 57.7 Å². The van der Waals surface area contributed by atoms with Crippen molar-refractivity contribution in [3.63, 3.8) is 0 Å². The average Bonchev–Trinajstić information content (AvgIpc) is 3.54. The summed E-state index contributed by atoms with van der Waals surface area (Å²) in [4.78, 5) is 7.18. The van der Waals surface area contributed by atoms with Crippen molar-refractivity contribution in [1.82, 2.24) is 9.88 Å². The number of benzene rings is 1. The van der Waals surface area contributed by atoms with Gasteiger partial charge in [-0.25, -0.2) is 22.4 Å². The highest BCUT2D eigenvalue weighted by Crippen LogP contribution is 2.62. The Labute approximate surface area is 199 Å². The summed E-state index contributed by atoms with van der Waals surface area (Å²) in [5.41, 5.74) is 4.39. The number of fused-ring (bicyclic) bond motifs is 2. The van der Waals surface area contributed by atoms with Crippen molar-refractivity contribution >= 4 is 22.5 Å². The van der Waals surface area contributed by atoms with Gasteiger partial charge in [-0.1, -0.05) is 12.1 Å². The van der Waals surface area contributed by atoms with E-state index in [2.05, 4.69) is 23.1 Å². The van der Waals surface area contributed by atoms with Gasteiger partial charge < -0.3 is 5.11 Å². The Morgan fingerprint density at radius 1 is 1.15 bits per heavy atom. The first-order chi connectivity index (χ1) is 16.1. The number of halogens is 2. The molecule has 3 N–H and O–H groups in total. The molecule has 1 saturated heterocycles. The lowest BCUT2D eigenvalue weighted by atomic mass is 10.0. The van der Waals surface area contributed by atoms with Crippen LogP contribution in [0.1, 0.15) is 17.5 Å². The fourth-order valence-corrected chi connectivity index (χ4v) is 7.17. The molecular weight excluding hydrogens is 462 g/mol. The van der Waals surface area contributed by atoms with Crippen molar-refractivity contribution in [3.8, 4) is 11.3 Å². The van der Waals surface area contributed by atoms with Crippen molar-refractivity contribution < 1.29 is 23.0 Å². The molecule has 4 aliphatic rings. The Kier molecular flexibility index (Phi) is 4.96. The molecular formula is C24H30F2N4O3S. The fourth-order valence-electron chi connectivity index (χ4n) is 5.72. The van der Waals surface area contributed by atoms with Crippen molar-refractivity contribution in [2.45, 2.75) is 25.8 Å². The van der Waals surface area contributed by atoms with Gasteiger partial charge in [-0.3, -0.25) is 14.0 Å². The third-order valence-corrected chi connectivity index (χ3v) is 9.91. The molecule has 1 aromatic heterocycles. The van der Waals surface area contributed by atoms with Crippen LogP contribution in [-0.2, 0) is 6.54 Å². The molecule has 0 radical (unpaired) electrons. The van der Waals surface area contributed by atoms with E-state index in [1.165, 1.54) is 21.2 Å². The second-order valence-electron chi connectivity index (χ2n) is 10.3. The highest BCUT2D eigenvalue weighted by atomic mass is 32.3. The Balaban J connectivity index is 1.25. The molecule has 3 heterocycles. The minimum absolute atomic E-state index is 0.114. The summed E-state index contributed by atoms with van der Waals surface area (Å²) >= 11 is 0. The number of alkyl halides is 2. The molecule has 184 valence electrons. The minimum Gasteiger partial charge on any atom is -0.396 e. The first kappa shape index (κ1) is 22.5. The van der Waals surface area contributed by atoms with Crippen LogP contribution in [0.5, 0.6) is 0 Å². The summed E-state index contributed by atoms with van der Waals surface area (Å²) < 4.78 is 51.2. The molecule has 3 atom stereocenters. The van der Waals surface area contributed by atoms with Crippen molar-refractivity contribution in [1.29, 1.82) is 0 Å². The quantitative estimate of drug-likeness (QED) is 0.557. The molecule has 0 bridgehead atoms. The Bertz CT molecular complexity index is 1140. The van der Waals surface area contributed by atoms with Gasteiger partial charge in [0.2, 0.25) is 0 Å². The number of likely N-dealkylation sites (tertiary alicyclic amines) is 1. The van der Waals surface area contributed by atoms with E-state index in [0.29, 0.717) is 41.6 Å². The van der Waals surface area contributed by atoms with E-state index in [-0.39, 0.29) is 13.0 Å². The molecule has 10 heteroatoms. The maximum atomic E-state index is 13.5. The molecule has 34 heavy (non-hydrogen) atoms. The Morgan fingerprint density at radius 3 is 2.50 bits per heavy atom. The van der Waals surface area contributed by atoms with E-state index >= 15 is 0 Å².